The van der Waals surface area contributed by atoms with Gasteiger partial charge in [-0.2, -0.15) is 0 Å². The molecular weight excluding hydrogens is 248 g/mol. The van der Waals surface area contributed by atoms with E-state index in [0.717, 1.165) is 12.8 Å². The largest absolute Gasteiger partial charge is 0.481 e. The standard InChI is InChI=1S/C13H26N2O4/c1-11(2)15(9-10-19-3)13(18)14-8-6-4-5-7-12(16)17/h11H,4-10H2,1-3H3,(H,14,18)(H,16,17). The summed E-state index contributed by atoms with van der Waals surface area (Å²) in [5.74, 6) is -0.769. The average molecular weight is 274 g/mol. The van der Waals surface area contributed by atoms with Crippen molar-refractivity contribution in [2.75, 3.05) is 26.8 Å². The van der Waals surface area contributed by atoms with Crippen LogP contribution in [0.2, 0.25) is 0 Å². The average Bonchev–Trinajstić information content (AvgIpc) is 2.33. The van der Waals surface area contributed by atoms with Gasteiger partial charge in [0.1, 0.15) is 0 Å². The Hall–Kier alpha value is -1.30. The summed E-state index contributed by atoms with van der Waals surface area (Å²) in [6.45, 7) is 5.59. The second-order valence-electron chi connectivity index (χ2n) is 4.72. The second-order valence-corrected chi connectivity index (χ2v) is 4.72. The van der Waals surface area contributed by atoms with Gasteiger partial charge in [0, 0.05) is 32.7 Å². The van der Waals surface area contributed by atoms with Crippen molar-refractivity contribution in [3.63, 3.8) is 0 Å². The molecule has 112 valence electrons. The fourth-order valence-corrected chi connectivity index (χ4v) is 1.66. The van der Waals surface area contributed by atoms with E-state index in [0.29, 0.717) is 26.1 Å². The third-order valence-corrected chi connectivity index (χ3v) is 2.76. The van der Waals surface area contributed by atoms with Gasteiger partial charge < -0.3 is 20.1 Å². The molecule has 2 amide bonds. The lowest BCUT2D eigenvalue weighted by Gasteiger charge is -2.26. The Labute approximate surface area is 115 Å². The van der Waals surface area contributed by atoms with Gasteiger partial charge in [0.2, 0.25) is 0 Å². The van der Waals surface area contributed by atoms with Gasteiger partial charge >= 0.3 is 12.0 Å². The predicted octanol–water partition coefficient (Wildman–Crippen LogP) is 1.70. The molecule has 0 aliphatic carbocycles. The van der Waals surface area contributed by atoms with Gasteiger partial charge in [-0.1, -0.05) is 6.42 Å². The first kappa shape index (κ1) is 17.7. The zero-order valence-electron chi connectivity index (χ0n) is 12.1. The first-order valence-electron chi connectivity index (χ1n) is 6.74. The highest BCUT2D eigenvalue weighted by molar-refractivity contribution is 5.74. The van der Waals surface area contributed by atoms with Gasteiger partial charge in [-0.3, -0.25) is 4.79 Å². The van der Waals surface area contributed by atoms with Crippen LogP contribution >= 0.6 is 0 Å². The first-order valence-corrected chi connectivity index (χ1v) is 6.74. The summed E-state index contributed by atoms with van der Waals surface area (Å²) < 4.78 is 4.98. The number of carbonyl (C=O) groups is 2. The van der Waals surface area contributed by atoms with Crippen LogP contribution in [0.25, 0.3) is 0 Å². The summed E-state index contributed by atoms with van der Waals surface area (Å²) in [6, 6.07) is 0.0347. The van der Waals surface area contributed by atoms with E-state index in [1.165, 1.54) is 0 Å². The molecule has 0 aliphatic heterocycles. The molecule has 2 N–H and O–H groups in total. The van der Waals surface area contributed by atoms with E-state index in [1.54, 1.807) is 12.0 Å². The molecule has 0 rings (SSSR count). The number of methoxy groups -OCH3 is 1. The molecule has 0 saturated heterocycles. The van der Waals surface area contributed by atoms with Crippen LogP contribution in [-0.2, 0) is 9.53 Å². The van der Waals surface area contributed by atoms with Gasteiger partial charge in [-0.25, -0.2) is 4.79 Å². The van der Waals surface area contributed by atoms with Crippen molar-refractivity contribution in [1.29, 1.82) is 0 Å². The van der Waals surface area contributed by atoms with E-state index in [1.807, 2.05) is 13.8 Å². The number of hydrogen-bond acceptors (Lipinski definition) is 3. The molecule has 0 heterocycles. The smallest absolute Gasteiger partial charge is 0.317 e. The molecule has 6 nitrogen and oxygen atoms in total. The minimum absolute atomic E-state index is 0.0923. The highest BCUT2D eigenvalue weighted by atomic mass is 16.5. The highest BCUT2D eigenvalue weighted by Gasteiger charge is 2.15. The predicted molar refractivity (Wildman–Crippen MR) is 73.2 cm³/mol. The van der Waals surface area contributed by atoms with Crippen molar-refractivity contribution in [1.82, 2.24) is 10.2 Å². The number of nitrogens with zero attached hydrogens (tertiary/aromatic N) is 1. The summed E-state index contributed by atoms with van der Waals surface area (Å²) in [7, 11) is 1.61. The zero-order valence-corrected chi connectivity index (χ0v) is 12.1. The first-order chi connectivity index (χ1) is 8.99. The fourth-order valence-electron chi connectivity index (χ4n) is 1.66. The summed E-state index contributed by atoms with van der Waals surface area (Å²) in [6.07, 6.45) is 2.46. The molecule has 0 fully saturated rings. The van der Waals surface area contributed by atoms with Crippen molar-refractivity contribution >= 4 is 12.0 Å². The molecule has 19 heavy (non-hydrogen) atoms. The third-order valence-electron chi connectivity index (χ3n) is 2.76. The maximum absolute atomic E-state index is 11.9. The third kappa shape index (κ3) is 9.30. The van der Waals surface area contributed by atoms with Crippen molar-refractivity contribution in [2.45, 2.75) is 45.6 Å². The molecule has 0 aromatic heterocycles. The zero-order chi connectivity index (χ0) is 14.7. The number of carbonyl (C=O) groups excluding carboxylic acids is 1. The van der Waals surface area contributed by atoms with Gasteiger partial charge in [-0.15, -0.1) is 0 Å². The molecule has 0 spiro atoms. The van der Waals surface area contributed by atoms with Crippen LogP contribution in [0.1, 0.15) is 39.5 Å². The lowest BCUT2D eigenvalue weighted by atomic mass is 10.2. The summed E-state index contributed by atoms with van der Waals surface area (Å²) in [4.78, 5) is 23.9. The van der Waals surface area contributed by atoms with Crippen LogP contribution in [0, 0.1) is 0 Å². The van der Waals surface area contributed by atoms with Crippen LogP contribution in [0.4, 0.5) is 4.79 Å². The van der Waals surface area contributed by atoms with E-state index >= 15 is 0 Å². The molecule has 0 atom stereocenters. The summed E-state index contributed by atoms with van der Waals surface area (Å²) in [5, 5.41) is 11.3. The van der Waals surface area contributed by atoms with Gasteiger partial charge in [0.15, 0.2) is 0 Å². The van der Waals surface area contributed by atoms with E-state index in [2.05, 4.69) is 5.32 Å². The minimum atomic E-state index is -0.769. The van der Waals surface area contributed by atoms with Crippen molar-refractivity contribution in [2.24, 2.45) is 0 Å². The molecule has 0 unspecified atom stereocenters. The van der Waals surface area contributed by atoms with Crippen molar-refractivity contribution in [3.8, 4) is 0 Å². The van der Waals surface area contributed by atoms with Crippen LogP contribution in [0.15, 0.2) is 0 Å². The quantitative estimate of drug-likeness (QED) is 0.594. The number of rotatable bonds is 10. The number of ether oxygens (including phenoxy) is 1. The second kappa shape index (κ2) is 10.6. The van der Waals surface area contributed by atoms with Crippen LogP contribution < -0.4 is 5.32 Å². The van der Waals surface area contributed by atoms with Crippen LogP contribution in [0.3, 0.4) is 0 Å². The van der Waals surface area contributed by atoms with E-state index in [9.17, 15) is 9.59 Å². The van der Waals surface area contributed by atoms with Crippen molar-refractivity contribution in [3.05, 3.63) is 0 Å². The Morgan fingerprint density at radius 2 is 1.95 bits per heavy atom. The summed E-state index contributed by atoms with van der Waals surface area (Å²) >= 11 is 0. The van der Waals surface area contributed by atoms with Crippen molar-refractivity contribution < 1.29 is 19.4 Å². The van der Waals surface area contributed by atoms with Gasteiger partial charge in [-0.05, 0) is 26.7 Å². The molecular formula is C13H26N2O4. The lowest BCUT2D eigenvalue weighted by Crippen LogP contribution is -2.45. The topological polar surface area (TPSA) is 78.9 Å². The fraction of sp³-hybridized carbons (Fsp3) is 0.846. The highest BCUT2D eigenvalue weighted by Crippen LogP contribution is 2.01. The molecule has 0 saturated carbocycles. The Balaban J connectivity index is 3.77. The molecule has 0 bridgehead atoms. The van der Waals surface area contributed by atoms with Gasteiger partial charge in [0.05, 0.1) is 6.61 Å². The number of urea groups is 1. The Morgan fingerprint density at radius 3 is 2.47 bits per heavy atom. The number of hydrogen-bond donors (Lipinski definition) is 2. The number of carboxylic acids is 1. The molecule has 0 aromatic carbocycles. The molecule has 0 aromatic rings. The SMILES string of the molecule is COCCN(C(=O)NCCCCCC(=O)O)C(C)C. The normalized spacial score (nSPS) is 10.5. The number of amides is 2. The Morgan fingerprint density at radius 1 is 1.26 bits per heavy atom. The van der Waals surface area contributed by atoms with E-state index in [4.69, 9.17) is 9.84 Å². The minimum Gasteiger partial charge on any atom is -0.481 e. The maximum Gasteiger partial charge on any atom is 0.317 e. The molecule has 6 heteroatoms. The van der Waals surface area contributed by atoms with E-state index < -0.39 is 5.97 Å². The number of nitrogens with one attached hydrogen (secondary N) is 1. The molecule has 0 aliphatic rings. The number of carboxylic acid groups (broad SMARTS) is 1. The molecule has 0 radical (unpaired) electrons. The lowest BCUT2D eigenvalue weighted by molar-refractivity contribution is -0.137. The summed E-state index contributed by atoms with van der Waals surface area (Å²) in [5.41, 5.74) is 0. The maximum atomic E-state index is 11.9. The number of unbranched alkanes of at least 4 members (excludes halogenated alkanes) is 2. The van der Waals surface area contributed by atoms with Crippen LogP contribution in [-0.4, -0.2) is 54.9 Å². The van der Waals surface area contributed by atoms with Crippen LogP contribution in [0.5, 0.6) is 0 Å². The monoisotopic (exact) mass is 274 g/mol. The number of aliphatic carboxylic acids is 1. The van der Waals surface area contributed by atoms with Gasteiger partial charge in [0.25, 0.3) is 0 Å². The Bertz CT molecular complexity index is 269. The Kier molecular flexibility index (Phi) is 9.88. The van der Waals surface area contributed by atoms with E-state index in [-0.39, 0.29) is 18.5 Å².